The van der Waals surface area contributed by atoms with Crippen molar-refractivity contribution in [1.82, 2.24) is 10.6 Å². The highest BCUT2D eigenvalue weighted by molar-refractivity contribution is 7.80. The molecule has 2 aromatic rings. The Morgan fingerprint density at radius 2 is 1.69 bits per heavy atom. The van der Waals surface area contributed by atoms with Gasteiger partial charge in [0, 0.05) is 19.2 Å². The average molecular weight is 415 g/mol. The summed E-state index contributed by atoms with van der Waals surface area (Å²) in [6.07, 6.45) is 0. The highest BCUT2D eigenvalue weighted by atomic mass is 32.1. The summed E-state index contributed by atoms with van der Waals surface area (Å²) >= 11 is 5.19. The topological polar surface area (TPSA) is 106 Å². The Morgan fingerprint density at radius 1 is 0.966 bits per heavy atom. The van der Waals surface area contributed by atoms with Crippen molar-refractivity contribution >= 4 is 40.8 Å². The molecule has 0 aliphatic heterocycles. The first-order chi connectivity index (χ1) is 14.0. The Hall–Kier alpha value is -3.30. The van der Waals surface area contributed by atoms with Crippen LogP contribution < -0.4 is 16.0 Å². The molecule has 2 amide bonds. The molecule has 29 heavy (non-hydrogen) atoms. The molecule has 3 N–H and O–H groups in total. The lowest BCUT2D eigenvalue weighted by atomic mass is 10.1. The quantitative estimate of drug-likeness (QED) is 0.361. The molecule has 0 saturated heterocycles. The number of thiocarbonyl (C=S) groups is 1. The molecule has 9 heteroatoms. The van der Waals surface area contributed by atoms with Crippen molar-refractivity contribution in [2.45, 2.75) is 0 Å². The predicted molar refractivity (Wildman–Crippen MR) is 112 cm³/mol. The molecule has 0 spiro atoms. The van der Waals surface area contributed by atoms with Gasteiger partial charge in [-0.1, -0.05) is 18.2 Å². The van der Waals surface area contributed by atoms with E-state index in [4.69, 9.17) is 17.0 Å². The zero-order valence-electron chi connectivity index (χ0n) is 16.0. The summed E-state index contributed by atoms with van der Waals surface area (Å²) in [4.78, 5) is 36.3. The summed E-state index contributed by atoms with van der Waals surface area (Å²) in [5.74, 6) is -1.35. The zero-order chi connectivity index (χ0) is 21.2. The summed E-state index contributed by atoms with van der Waals surface area (Å²) in [6.45, 7) is 0.752. The van der Waals surface area contributed by atoms with E-state index in [0.29, 0.717) is 24.4 Å². The van der Waals surface area contributed by atoms with Gasteiger partial charge in [0.2, 0.25) is 0 Å². The smallest absolute Gasteiger partial charge is 0.337 e. The molecule has 152 valence electrons. The molecule has 0 fully saturated rings. The number of benzene rings is 2. The zero-order valence-corrected chi connectivity index (χ0v) is 16.8. The molecule has 2 aromatic carbocycles. The summed E-state index contributed by atoms with van der Waals surface area (Å²) < 4.78 is 9.56. The van der Waals surface area contributed by atoms with Crippen LogP contribution in [0.4, 0.5) is 5.69 Å². The average Bonchev–Trinajstić information content (AvgIpc) is 2.73. The maximum absolute atomic E-state index is 12.4. The van der Waals surface area contributed by atoms with E-state index in [1.807, 2.05) is 0 Å². The van der Waals surface area contributed by atoms with Crippen molar-refractivity contribution in [3.8, 4) is 0 Å². The number of hydrogen-bond acceptors (Lipinski definition) is 6. The Morgan fingerprint density at radius 3 is 2.41 bits per heavy atom. The van der Waals surface area contributed by atoms with Gasteiger partial charge in [0.1, 0.15) is 0 Å². The van der Waals surface area contributed by atoms with Crippen LogP contribution in [0.15, 0.2) is 48.5 Å². The largest absolute Gasteiger partial charge is 0.465 e. The summed E-state index contributed by atoms with van der Waals surface area (Å²) in [6, 6.07) is 12.8. The van der Waals surface area contributed by atoms with E-state index in [-0.39, 0.29) is 22.1 Å². The van der Waals surface area contributed by atoms with Crippen LogP contribution in [0.1, 0.15) is 31.1 Å². The molecule has 0 aliphatic rings. The van der Waals surface area contributed by atoms with Gasteiger partial charge in [-0.25, -0.2) is 4.79 Å². The first-order valence-corrected chi connectivity index (χ1v) is 9.04. The number of amides is 2. The van der Waals surface area contributed by atoms with Crippen molar-refractivity contribution in [2.75, 3.05) is 32.7 Å². The van der Waals surface area contributed by atoms with E-state index >= 15 is 0 Å². The molecule has 0 atom stereocenters. The molecule has 0 radical (unpaired) electrons. The third-order valence-electron chi connectivity index (χ3n) is 3.78. The molecule has 0 bridgehead atoms. The minimum Gasteiger partial charge on any atom is -0.465 e. The van der Waals surface area contributed by atoms with Crippen LogP contribution in [-0.4, -0.2) is 50.3 Å². The van der Waals surface area contributed by atoms with E-state index < -0.39 is 11.9 Å². The van der Waals surface area contributed by atoms with Gasteiger partial charge < -0.3 is 20.1 Å². The maximum atomic E-state index is 12.4. The number of nitrogens with one attached hydrogen (secondary N) is 3. The molecule has 8 nitrogen and oxygen atoms in total. The normalized spacial score (nSPS) is 10.0. The van der Waals surface area contributed by atoms with Gasteiger partial charge in [0.25, 0.3) is 11.8 Å². The van der Waals surface area contributed by atoms with Crippen LogP contribution in [0.3, 0.4) is 0 Å². The molecule has 0 unspecified atom stereocenters. The third kappa shape index (κ3) is 6.37. The SMILES string of the molecule is COCCNC(=O)c1ccccc1NC(=S)NC(=O)c1cccc(C(=O)OC)c1. The second-order valence-electron chi connectivity index (χ2n) is 5.77. The Kier molecular flexibility index (Phi) is 8.26. The Bertz CT molecular complexity index is 916. The Balaban J connectivity index is 2.05. The van der Waals surface area contributed by atoms with Crippen molar-refractivity contribution in [3.05, 3.63) is 65.2 Å². The molecule has 0 aliphatic carbocycles. The fraction of sp³-hybridized carbons (Fsp3) is 0.200. The second kappa shape index (κ2) is 10.9. The fourth-order valence-electron chi connectivity index (χ4n) is 2.39. The number of para-hydroxylation sites is 1. The predicted octanol–water partition coefficient (Wildman–Crippen LogP) is 1.98. The highest BCUT2D eigenvalue weighted by Gasteiger charge is 2.14. The molecule has 2 rings (SSSR count). The van der Waals surface area contributed by atoms with E-state index in [1.54, 1.807) is 43.5 Å². The van der Waals surface area contributed by atoms with Gasteiger partial charge >= 0.3 is 5.97 Å². The van der Waals surface area contributed by atoms with Crippen molar-refractivity contribution in [1.29, 1.82) is 0 Å². The number of hydrogen-bond donors (Lipinski definition) is 3. The number of ether oxygens (including phenoxy) is 2. The van der Waals surface area contributed by atoms with Crippen LogP contribution in [0.2, 0.25) is 0 Å². The number of rotatable bonds is 7. The van der Waals surface area contributed by atoms with Gasteiger partial charge in [-0.05, 0) is 42.5 Å². The van der Waals surface area contributed by atoms with Crippen LogP contribution >= 0.6 is 12.2 Å². The standard InChI is InChI=1S/C20H21N3O5S/c1-27-11-10-21-18(25)15-8-3-4-9-16(15)22-20(29)23-17(24)13-6-5-7-14(12-13)19(26)28-2/h3-9,12H,10-11H2,1-2H3,(H,21,25)(H2,22,23,24,29). The molecule has 0 heterocycles. The summed E-state index contributed by atoms with van der Waals surface area (Å²) in [5.41, 5.74) is 1.30. The van der Waals surface area contributed by atoms with E-state index in [2.05, 4.69) is 20.7 Å². The lowest BCUT2D eigenvalue weighted by molar-refractivity contribution is 0.0600. The fourth-order valence-corrected chi connectivity index (χ4v) is 2.59. The number of esters is 1. The Labute approximate surface area is 173 Å². The lowest BCUT2D eigenvalue weighted by Crippen LogP contribution is -2.35. The van der Waals surface area contributed by atoms with Crippen LogP contribution in [-0.2, 0) is 9.47 Å². The first-order valence-electron chi connectivity index (χ1n) is 8.63. The third-order valence-corrected chi connectivity index (χ3v) is 3.99. The van der Waals surface area contributed by atoms with Crippen molar-refractivity contribution in [2.24, 2.45) is 0 Å². The number of carbonyl (C=O) groups excluding carboxylic acids is 3. The summed E-state index contributed by atoms with van der Waals surface area (Å²) in [7, 11) is 2.81. The highest BCUT2D eigenvalue weighted by Crippen LogP contribution is 2.15. The van der Waals surface area contributed by atoms with Crippen molar-refractivity contribution < 1.29 is 23.9 Å². The van der Waals surface area contributed by atoms with Gasteiger partial charge in [-0.3, -0.25) is 14.9 Å². The maximum Gasteiger partial charge on any atom is 0.337 e. The van der Waals surface area contributed by atoms with E-state index in [9.17, 15) is 14.4 Å². The van der Waals surface area contributed by atoms with Crippen molar-refractivity contribution in [3.63, 3.8) is 0 Å². The molecular weight excluding hydrogens is 394 g/mol. The van der Waals surface area contributed by atoms with Crippen LogP contribution in [0.25, 0.3) is 0 Å². The molecule has 0 saturated carbocycles. The minimum atomic E-state index is -0.547. The lowest BCUT2D eigenvalue weighted by Gasteiger charge is -2.13. The van der Waals surface area contributed by atoms with E-state index in [1.165, 1.54) is 19.2 Å². The van der Waals surface area contributed by atoms with Crippen LogP contribution in [0.5, 0.6) is 0 Å². The van der Waals surface area contributed by atoms with Gasteiger partial charge in [-0.15, -0.1) is 0 Å². The molecular formula is C20H21N3O5S. The molecule has 0 aromatic heterocycles. The van der Waals surface area contributed by atoms with E-state index in [0.717, 1.165) is 0 Å². The monoisotopic (exact) mass is 415 g/mol. The number of carbonyl (C=O) groups is 3. The van der Waals surface area contributed by atoms with Gasteiger partial charge in [0.05, 0.1) is 30.5 Å². The minimum absolute atomic E-state index is 0.00983. The number of methoxy groups -OCH3 is 2. The summed E-state index contributed by atoms with van der Waals surface area (Å²) in [5, 5.41) is 8.11. The number of anilines is 1. The van der Waals surface area contributed by atoms with Gasteiger partial charge in [-0.2, -0.15) is 0 Å². The van der Waals surface area contributed by atoms with Crippen LogP contribution in [0, 0.1) is 0 Å². The second-order valence-corrected chi connectivity index (χ2v) is 6.18. The first kappa shape index (κ1) is 22.0. The van der Waals surface area contributed by atoms with Gasteiger partial charge in [0.15, 0.2) is 5.11 Å².